The fourth-order valence-corrected chi connectivity index (χ4v) is 5.06. The van der Waals surface area contributed by atoms with Gasteiger partial charge in [-0.15, -0.1) is 22.7 Å². The van der Waals surface area contributed by atoms with Crippen LogP contribution in [0.25, 0.3) is 0 Å². The highest BCUT2D eigenvalue weighted by Gasteiger charge is 2.25. The third-order valence-corrected chi connectivity index (χ3v) is 6.37. The molecule has 1 aliphatic rings. The highest BCUT2D eigenvalue weighted by atomic mass is 35.5. The van der Waals surface area contributed by atoms with E-state index in [1.807, 2.05) is 0 Å². The van der Waals surface area contributed by atoms with Gasteiger partial charge in [0.2, 0.25) is 0 Å². The maximum Gasteiger partial charge on any atom is 0.348 e. The summed E-state index contributed by atoms with van der Waals surface area (Å²) in [7, 11) is 0. The molecule has 0 unspecified atom stereocenters. The van der Waals surface area contributed by atoms with Crippen LogP contribution in [0.2, 0.25) is 4.34 Å². The molecule has 25 heavy (non-hydrogen) atoms. The molecule has 2 aromatic heterocycles. The van der Waals surface area contributed by atoms with Crippen molar-refractivity contribution in [3.05, 3.63) is 37.4 Å². The Labute approximate surface area is 158 Å². The Balaban J connectivity index is 1.63. The Morgan fingerprint density at radius 2 is 2.24 bits per heavy atom. The van der Waals surface area contributed by atoms with E-state index in [2.05, 4.69) is 18.3 Å². The molecule has 0 bridgehead atoms. The second-order valence-corrected chi connectivity index (χ2v) is 8.72. The lowest BCUT2D eigenvalue weighted by atomic mass is 9.89. The van der Waals surface area contributed by atoms with Crippen LogP contribution in [-0.4, -0.2) is 18.5 Å². The summed E-state index contributed by atoms with van der Waals surface area (Å²) < 4.78 is 5.47. The third kappa shape index (κ3) is 4.03. The zero-order chi connectivity index (χ0) is 18.0. The largest absolute Gasteiger partial charge is 0.451 e. The summed E-state index contributed by atoms with van der Waals surface area (Å²) in [6.45, 7) is 1.78. The smallest absolute Gasteiger partial charge is 0.348 e. The van der Waals surface area contributed by atoms with E-state index >= 15 is 0 Å². The zero-order valence-electron chi connectivity index (χ0n) is 13.4. The van der Waals surface area contributed by atoms with Crippen LogP contribution in [0, 0.1) is 17.2 Å². The predicted molar refractivity (Wildman–Crippen MR) is 98.5 cm³/mol. The maximum atomic E-state index is 12.1. The van der Waals surface area contributed by atoms with Gasteiger partial charge in [0.1, 0.15) is 15.9 Å². The number of halogens is 1. The van der Waals surface area contributed by atoms with E-state index in [1.165, 1.54) is 11.3 Å². The van der Waals surface area contributed by atoms with Gasteiger partial charge in [-0.1, -0.05) is 18.5 Å². The van der Waals surface area contributed by atoms with Crippen molar-refractivity contribution in [3.63, 3.8) is 0 Å². The van der Waals surface area contributed by atoms with Crippen LogP contribution in [0.3, 0.4) is 0 Å². The van der Waals surface area contributed by atoms with Crippen LogP contribution < -0.4 is 5.32 Å². The molecule has 0 saturated carbocycles. The topological polar surface area (TPSA) is 79.2 Å². The summed E-state index contributed by atoms with van der Waals surface area (Å²) in [5.74, 6) is -0.467. The van der Waals surface area contributed by atoms with Crippen molar-refractivity contribution < 1.29 is 14.3 Å². The van der Waals surface area contributed by atoms with Crippen molar-refractivity contribution in [2.24, 2.45) is 5.92 Å². The molecule has 0 spiro atoms. The highest BCUT2D eigenvalue weighted by Crippen LogP contribution is 2.39. The number of carbonyl (C=O) groups excluding carboxylic acids is 2. The van der Waals surface area contributed by atoms with Gasteiger partial charge in [0.25, 0.3) is 5.91 Å². The first-order chi connectivity index (χ1) is 12.0. The summed E-state index contributed by atoms with van der Waals surface area (Å²) in [6.07, 6.45) is 2.84. The number of hydrogen-bond acceptors (Lipinski definition) is 6. The Morgan fingerprint density at radius 1 is 1.44 bits per heavy atom. The van der Waals surface area contributed by atoms with Crippen LogP contribution in [-0.2, 0) is 22.4 Å². The fraction of sp³-hybridized carbons (Fsp3) is 0.353. The third-order valence-electron chi connectivity index (χ3n) is 3.99. The molecule has 1 aliphatic carbocycles. The average molecular weight is 395 g/mol. The van der Waals surface area contributed by atoms with E-state index in [0.717, 1.165) is 41.0 Å². The molecular weight excluding hydrogens is 380 g/mol. The van der Waals surface area contributed by atoms with Gasteiger partial charge in [-0.3, -0.25) is 4.79 Å². The number of anilines is 1. The molecule has 130 valence electrons. The van der Waals surface area contributed by atoms with Crippen LogP contribution in [0.15, 0.2) is 12.1 Å². The number of thiophene rings is 2. The Bertz CT molecular complexity index is 866. The average Bonchev–Trinajstić information content (AvgIpc) is 3.15. The van der Waals surface area contributed by atoms with Crippen LogP contribution >= 0.6 is 34.3 Å². The quantitative estimate of drug-likeness (QED) is 0.786. The van der Waals surface area contributed by atoms with Gasteiger partial charge in [0.15, 0.2) is 6.61 Å². The SMILES string of the molecule is C[C@@H]1CCc2c(sc(NC(=O)COC(=O)c3ccc(Cl)s3)c2C#N)C1. The molecular formula is C17H15ClN2O3S2. The zero-order valence-corrected chi connectivity index (χ0v) is 15.8. The van der Waals surface area contributed by atoms with E-state index in [0.29, 0.717) is 25.7 Å². The van der Waals surface area contributed by atoms with Gasteiger partial charge in [-0.25, -0.2) is 4.79 Å². The monoisotopic (exact) mass is 394 g/mol. The molecule has 5 nitrogen and oxygen atoms in total. The molecule has 0 saturated heterocycles. The number of rotatable bonds is 4. The summed E-state index contributed by atoms with van der Waals surface area (Å²) >= 11 is 8.31. The van der Waals surface area contributed by atoms with E-state index < -0.39 is 18.5 Å². The van der Waals surface area contributed by atoms with E-state index in [9.17, 15) is 14.9 Å². The molecule has 2 aromatic rings. The Kier molecular flexibility index (Phi) is 5.42. The molecule has 8 heteroatoms. The van der Waals surface area contributed by atoms with Crippen molar-refractivity contribution in [2.75, 3.05) is 11.9 Å². The first kappa shape index (κ1) is 17.9. The normalized spacial score (nSPS) is 16.0. The standard InChI is InChI=1S/C17H15ClN2O3S2/c1-9-2-3-10-11(7-19)16(25-13(10)6-9)20-15(21)8-23-17(22)12-4-5-14(18)24-12/h4-5,9H,2-3,6,8H2,1H3,(H,20,21)/t9-/m1/s1. The van der Waals surface area contributed by atoms with Gasteiger partial charge in [0, 0.05) is 4.88 Å². The van der Waals surface area contributed by atoms with Crippen LogP contribution in [0.4, 0.5) is 5.00 Å². The van der Waals surface area contributed by atoms with Crippen molar-refractivity contribution in [1.82, 2.24) is 0 Å². The van der Waals surface area contributed by atoms with Gasteiger partial charge >= 0.3 is 5.97 Å². The fourth-order valence-electron chi connectivity index (χ4n) is 2.75. The minimum atomic E-state index is -0.591. The lowest BCUT2D eigenvalue weighted by Crippen LogP contribution is -2.20. The van der Waals surface area contributed by atoms with Crippen LogP contribution in [0.5, 0.6) is 0 Å². The van der Waals surface area contributed by atoms with E-state index in [-0.39, 0.29) is 0 Å². The van der Waals surface area contributed by atoms with Gasteiger partial charge in [-0.05, 0) is 42.9 Å². The number of nitrogens with one attached hydrogen (secondary N) is 1. The van der Waals surface area contributed by atoms with Crippen molar-refractivity contribution >= 4 is 51.2 Å². The first-order valence-corrected chi connectivity index (χ1v) is 9.76. The second-order valence-electron chi connectivity index (χ2n) is 5.90. The molecule has 0 aliphatic heterocycles. The van der Waals surface area contributed by atoms with Gasteiger partial charge < -0.3 is 10.1 Å². The van der Waals surface area contributed by atoms with Crippen molar-refractivity contribution in [2.45, 2.75) is 26.2 Å². The van der Waals surface area contributed by atoms with Crippen molar-refractivity contribution in [3.8, 4) is 6.07 Å². The van der Waals surface area contributed by atoms with Crippen LogP contribution in [0.1, 0.15) is 39.0 Å². The minimum Gasteiger partial charge on any atom is -0.451 e. The van der Waals surface area contributed by atoms with Crippen molar-refractivity contribution in [1.29, 1.82) is 5.26 Å². The maximum absolute atomic E-state index is 12.1. The number of ether oxygens (including phenoxy) is 1. The Hall–Kier alpha value is -1.88. The molecule has 2 heterocycles. The minimum absolute atomic E-state index is 0.344. The second kappa shape index (κ2) is 7.56. The predicted octanol–water partition coefficient (Wildman–Crippen LogP) is 4.25. The molecule has 0 radical (unpaired) electrons. The highest BCUT2D eigenvalue weighted by molar-refractivity contribution is 7.18. The summed E-state index contributed by atoms with van der Waals surface area (Å²) in [5.41, 5.74) is 1.59. The molecule has 1 amide bonds. The molecule has 1 atom stereocenters. The lowest BCUT2D eigenvalue weighted by Gasteiger charge is -2.17. The number of fused-ring (bicyclic) bond motifs is 1. The van der Waals surface area contributed by atoms with E-state index in [1.54, 1.807) is 12.1 Å². The van der Waals surface area contributed by atoms with Gasteiger partial charge in [-0.2, -0.15) is 5.26 Å². The molecule has 0 aromatic carbocycles. The summed E-state index contributed by atoms with van der Waals surface area (Å²) in [5, 5.41) is 12.7. The van der Waals surface area contributed by atoms with E-state index in [4.69, 9.17) is 16.3 Å². The first-order valence-electron chi connectivity index (χ1n) is 7.75. The number of amides is 1. The molecule has 0 fully saturated rings. The number of nitrogens with zero attached hydrogens (tertiary/aromatic N) is 1. The number of hydrogen-bond donors (Lipinski definition) is 1. The summed E-state index contributed by atoms with van der Waals surface area (Å²) in [6, 6.07) is 5.34. The Morgan fingerprint density at radius 3 is 2.92 bits per heavy atom. The van der Waals surface area contributed by atoms with Gasteiger partial charge in [0.05, 0.1) is 9.90 Å². The number of carbonyl (C=O) groups is 2. The summed E-state index contributed by atoms with van der Waals surface area (Å²) in [4.78, 5) is 25.4. The lowest BCUT2D eigenvalue weighted by molar-refractivity contribution is -0.119. The molecule has 3 rings (SSSR count). The number of nitriles is 1. The number of esters is 1. The molecule has 1 N–H and O–H groups in total.